The van der Waals surface area contributed by atoms with E-state index in [1.165, 1.54) is 11.3 Å². The lowest BCUT2D eigenvalue weighted by Crippen LogP contribution is -2.01. The summed E-state index contributed by atoms with van der Waals surface area (Å²) in [5.74, 6) is 0.940. The van der Waals surface area contributed by atoms with Gasteiger partial charge in [-0.3, -0.25) is 4.68 Å². The molecule has 0 amide bonds. The normalized spacial score (nSPS) is 11.1. The molecule has 3 aromatic rings. The van der Waals surface area contributed by atoms with Crippen molar-refractivity contribution in [3.8, 4) is 0 Å². The highest BCUT2D eigenvalue weighted by atomic mass is 15.3. The highest BCUT2D eigenvalue weighted by Gasteiger charge is 2.04. The molecule has 0 fully saturated rings. The zero-order chi connectivity index (χ0) is 13.4. The van der Waals surface area contributed by atoms with Crippen molar-refractivity contribution in [3.63, 3.8) is 0 Å². The molecule has 0 bridgehead atoms. The third-order valence-electron chi connectivity index (χ3n) is 3.42. The minimum Gasteiger partial charge on any atom is -0.381 e. The molecule has 5 nitrogen and oxygen atoms in total. The summed E-state index contributed by atoms with van der Waals surface area (Å²) in [5.41, 5.74) is 5.54. The Balaban J connectivity index is 1.79. The quantitative estimate of drug-likeness (QED) is 0.756. The maximum absolute atomic E-state index is 4.39. The van der Waals surface area contributed by atoms with E-state index in [0.717, 1.165) is 29.1 Å². The van der Waals surface area contributed by atoms with E-state index < -0.39 is 0 Å². The summed E-state index contributed by atoms with van der Waals surface area (Å²) in [4.78, 5) is 7.64. The van der Waals surface area contributed by atoms with Crippen molar-refractivity contribution in [1.82, 2.24) is 19.7 Å². The number of hydrogen-bond acceptors (Lipinski definition) is 3. The van der Waals surface area contributed by atoms with Gasteiger partial charge in [0.25, 0.3) is 0 Å². The van der Waals surface area contributed by atoms with Crippen LogP contribution in [0.4, 0.5) is 5.69 Å². The molecule has 0 atom stereocenters. The minimum absolute atomic E-state index is 0.776. The third kappa shape index (κ3) is 2.19. The van der Waals surface area contributed by atoms with Gasteiger partial charge in [0.05, 0.1) is 17.2 Å². The largest absolute Gasteiger partial charge is 0.381 e. The lowest BCUT2D eigenvalue weighted by molar-refractivity contribution is 0.738. The lowest BCUT2D eigenvalue weighted by atomic mass is 10.2. The highest BCUT2D eigenvalue weighted by Crippen LogP contribution is 2.18. The van der Waals surface area contributed by atoms with Gasteiger partial charge in [-0.05, 0) is 32.0 Å². The van der Waals surface area contributed by atoms with Gasteiger partial charge in [-0.25, -0.2) is 4.98 Å². The first kappa shape index (κ1) is 11.8. The van der Waals surface area contributed by atoms with Gasteiger partial charge in [0.1, 0.15) is 5.82 Å². The number of imidazole rings is 1. The number of aryl methyl sites for hydroxylation is 2. The predicted molar refractivity (Wildman–Crippen MR) is 76.1 cm³/mol. The first-order valence-corrected chi connectivity index (χ1v) is 6.31. The van der Waals surface area contributed by atoms with Crippen LogP contribution in [0.5, 0.6) is 0 Å². The van der Waals surface area contributed by atoms with Crippen molar-refractivity contribution in [2.75, 3.05) is 5.32 Å². The molecule has 0 saturated carbocycles. The van der Waals surface area contributed by atoms with Gasteiger partial charge in [0.2, 0.25) is 0 Å². The van der Waals surface area contributed by atoms with Gasteiger partial charge in [-0.2, -0.15) is 5.10 Å². The number of aromatic amines is 1. The molecule has 2 N–H and O–H groups in total. The summed E-state index contributed by atoms with van der Waals surface area (Å²) in [7, 11) is 1.96. The average Bonchev–Trinajstić information content (AvgIpc) is 2.90. The number of nitrogens with zero attached hydrogens (tertiary/aromatic N) is 3. The Morgan fingerprint density at radius 2 is 2.16 bits per heavy atom. The van der Waals surface area contributed by atoms with Crippen LogP contribution in [0.15, 0.2) is 24.4 Å². The van der Waals surface area contributed by atoms with Crippen molar-refractivity contribution >= 4 is 16.7 Å². The van der Waals surface area contributed by atoms with E-state index in [-0.39, 0.29) is 0 Å². The predicted octanol–water partition coefficient (Wildman–Crippen LogP) is 2.53. The van der Waals surface area contributed by atoms with Crippen LogP contribution in [0.25, 0.3) is 11.0 Å². The Morgan fingerprint density at radius 1 is 1.32 bits per heavy atom. The molecule has 5 heteroatoms. The maximum Gasteiger partial charge on any atom is 0.104 e. The summed E-state index contributed by atoms with van der Waals surface area (Å²) < 4.78 is 1.89. The summed E-state index contributed by atoms with van der Waals surface area (Å²) in [6.07, 6.45) is 1.90. The molecule has 0 aliphatic heterocycles. The Bertz CT molecular complexity index is 723. The van der Waals surface area contributed by atoms with Gasteiger partial charge in [0.15, 0.2) is 0 Å². The molecule has 0 saturated heterocycles. The van der Waals surface area contributed by atoms with Crippen LogP contribution in [0, 0.1) is 13.8 Å². The molecule has 3 rings (SSSR count). The minimum atomic E-state index is 0.776. The van der Waals surface area contributed by atoms with Crippen molar-refractivity contribution in [3.05, 3.63) is 41.5 Å². The fourth-order valence-corrected chi connectivity index (χ4v) is 2.16. The van der Waals surface area contributed by atoms with E-state index >= 15 is 0 Å². The van der Waals surface area contributed by atoms with Crippen molar-refractivity contribution < 1.29 is 0 Å². The zero-order valence-electron chi connectivity index (χ0n) is 11.4. The maximum atomic E-state index is 4.39. The molecule has 19 heavy (non-hydrogen) atoms. The SMILES string of the molecule is Cc1nc2ccc(NCc3cnn(C)c3C)cc2[nH]1. The van der Waals surface area contributed by atoms with Gasteiger partial charge < -0.3 is 10.3 Å². The van der Waals surface area contributed by atoms with Crippen molar-refractivity contribution in [2.45, 2.75) is 20.4 Å². The average molecular weight is 255 g/mol. The molecule has 0 spiro atoms. The zero-order valence-corrected chi connectivity index (χ0v) is 11.4. The van der Waals surface area contributed by atoms with Crippen LogP contribution in [-0.4, -0.2) is 19.7 Å². The third-order valence-corrected chi connectivity index (χ3v) is 3.42. The molecular weight excluding hydrogens is 238 g/mol. The second kappa shape index (κ2) is 4.42. The topological polar surface area (TPSA) is 58.5 Å². The van der Waals surface area contributed by atoms with Crippen LogP contribution >= 0.6 is 0 Å². The first-order chi connectivity index (χ1) is 9.13. The van der Waals surface area contributed by atoms with E-state index in [1.54, 1.807) is 0 Å². The molecule has 98 valence electrons. The van der Waals surface area contributed by atoms with E-state index in [9.17, 15) is 0 Å². The van der Waals surface area contributed by atoms with Crippen LogP contribution in [0.1, 0.15) is 17.1 Å². The van der Waals surface area contributed by atoms with E-state index in [1.807, 2.05) is 37.0 Å². The molecule has 0 aliphatic carbocycles. The van der Waals surface area contributed by atoms with E-state index in [0.29, 0.717) is 0 Å². The molecule has 2 aromatic heterocycles. The number of anilines is 1. The second-order valence-corrected chi connectivity index (χ2v) is 4.79. The lowest BCUT2D eigenvalue weighted by Gasteiger charge is -2.06. The highest BCUT2D eigenvalue weighted by molar-refractivity contribution is 5.79. The number of fused-ring (bicyclic) bond motifs is 1. The fourth-order valence-electron chi connectivity index (χ4n) is 2.16. The van der Waals surface area contributed by atoms with Gasteiger partial charge >= 0.3 is 0 Å². The van der Waals surface area contributed by atoms with Crippen molar-refractivity contribution in [1.29, 1.82) is 0 Å². The number of benzene rings is 1. The summed E-state index contributed by atoms with van der Waals surface area (Å²) in [5, 5.41) is 7.66. The number of hydrogen-bond donors (Lipinski definition) is 2. The monoisotopic (exact) mass is 255 g/mol. The van der Waals surface area contributed by atoms with E-state index in [2.05, 4.69) is 33.4 Å². The number of rotatable bonds is 3. The van der Waals surface area contributed by atoms with Crippen LogP contribution in [-0.2, 0) is 13.6 Å². The smallest absolute Gasteiger partial charge is 0.104 e. The summed E-state index contributed by atoms with van der Waals surface area (Å²) in [6, 6.07) is 6.16. The van der Waals surface area contributed by atoms with Crippen molar-refractivity contribution in [2.24, 2.45) is 7.05 Å². The Hall–Kier alpha value is -2.30. The molecule has 0 aliphatic rings. The summed E-state index contributed by atoms with van der Waals surface area (Å²) in [6.45, 7) is 4.82. The first-order valence-electron chi connectivity index (χ1n) is 6.31. The second-order valence-electron chi connectivity index (χ2n) is 4.79. The van der Waals surface area contributed by atoms with Crippen LogP contribution < -0.4 is 5.32 Å². The van der Waals surface area contributed by atoms with Crippen LogP contribution in [0.2, 0.25) is 0 Å². The van der Waals surface area contributed by atoms with Gasteiger partial charge in [0, 0.05) is 30.5 Å². The number of nitrogens with one attached hydrogen (secondary N) is 2. The molecule has 2 heterocycles. The summed E-state index contributed by atoms with van der Waals surface area (Å²) >= 11 is 0. The number of aromatic nitrogens is 4. The Kier molecular flexibility index (Phi) is 2.74. The van der Waals surface area contributed by atoms with Crippen LogP contribution in [0.3, 0.4) is 0 Å². The Morgan fingerprint density at radius 3 is 2.89 bits per heavy atom. The number of H-pyrrole nitrogens is 1. The molecular formula is C14H17N5. The Labute approximate surface area is 111 Å². The van der Waals surface area contributed by atoms with Gasteiger partial charge in [-0.15, -0.1) is 0 Å². The van der Waals surface area contributed by atoms with E-state index in [4.69, 9.17) is 0 Å². The molecule has 0 radical (unpaired) electrons. The van der Waals surface area contributed by atoms with Gasteiger partial charge in [-0.1, -0.05) is 0 Å². The fraction of sp³-hybridized carbons (Fsp3) is 0.286. The molecule has 1 aromatic carbocycles. The standard InChI is InChI=1S/C14H17N5/c1-9-11(8-16-19(9)3)7-15-12-4-5-13-14(6-12)18-10(2)17-13/h4-6,8,15H,7H2,1-3H3,(H,17,18). The molecule has 0 unspecified atom stereocenters.